The van der Waals surface area contributed by atoms with E-state index in [0.717, 1.165) is 28.4 Å². The summed E-state index contributed by atoms with van der Waals surface area (Å²) in [5, 5.41) is 0. The zero-order chi connectivity index (χ0) is 18.8. The summed E-state index contributed by atoms with van der Waals surface area (Å²) in [6.45, 7) is 26.9. The van der Waals surface area contributed by atoms with Gasteiger partial charge in [0.1, 0.15) is 0 Å². The molecule has 2 nitrogen and oxygen atoms in total. The van der Waals surface area contributed by atoms with Crippen LogP contribution in [-0.4, -0.2) is 11.4 Å². The number of allylic oxidation sites excluding steroid dienone is 4. The normalized spacial score (nSPS) is 13.9. The first-order valence-corrected chi connectivity index (χ1v) is 8.62. The molecule has 0 radical (unpaired) electrons. The standard InChI is InChI=1S/C19H32N2.C2H6/c1-11-12-17(20-14(4)5)15(6)18(13(2)3)21-16(7)19(8,9)10;1-2/h11-13H,1H2,2-10H3;1-2H3/b17-12-,18-15+,21-16?;. The lowest BCUT2D eigenvalue weighted by molar-refractivity contribution is 0.584. The molecule has 0 aliphatic carbocycles. The van der Waals surface area contributed by atoms with Gasteiger partial charge in [0.25, 0.3) is 0 Å². The fourth-order valence-electron chi connectivity index (χ4n) is 1.72. The van der Waals surface area contributed by atoms with Gasteiger partial charge in [-0.1, -0.05) is 61.1 Å². The van der Waals surface area contributed by atoms with Crippen LogP contribution in [0.4, 0.5) is 0 Å². The molecule has 0 aromatic carbocycles. The second-order valence-corrected chi connectivity index (χ2v) is 6.96. The van der Waals surface area contributed by atoms with Crippen LogP contribution in [0.3, 0.4) is 0 Å². The molecular formula is C21H38N2. The van der Waals surface area contributed by atoms with Gasteiger partial charge in [0.15, 0.2) is 0 Å². The maximum absolute atomic E-state index is 4.91. The Morgan fingerprint density at radius 2 is 1.43 bits per heavy atom. The minimum absolute atomic E-state index is 0.0761. The Bertz CT molecular complexity index is 488. The van der Waals surface area contributed by atoms with Crippen LogP contribution in [0.5, 0.6) is 0 Å². The van der Waals surface area contributed by atoms with Crippen molar-refractivity contribution in [3.05, 3.63) is 35.7 Å². The van der Waals surface area contributed by atoms with E-state index in [4.69, 9.17) is 4.99 Å². The molecule has 0 fully saturated rings. The SMILES string of the molecule is C=C/C=C(N=C(C)C)/C(C)=C(/N=C(C)C(C)(C)C)C(C)C.CC. The minimum Gasteiger partial charge on any atom is -0.261 e. The number of hydrogen-bond donors (Lipinski definition) is 0. The van der Waals surface area contributed by atoms with Gasteiger partial charge >= 0.3 is 0 Å². The van der Waals surface area contributed by atoms with Crippen LogP contribution in [0.1, 0.15) is 76.2 Å². The van der Waals surface area contributed by atoms with Crippen molar-refractivity contribution in [1.29, 1.82) is 0 Å². The first-order valence-electron chi connectivity index (χ1n) is 8.62. The molecule has 132 valence electrons. The van der Waals surface area contributed by atoms with Crippen LogP contribution in [0.2, 0.25) is 0 Å². The first kappa shape index (κ1) is 23.8. The van der Waals surface area contributed by atoms with Crippen LogP contribution in [0.25, 0.3) is 0 Å². The van der Waals surface area contributed by atoms with Crippen LogP contribution < -0.4 is 0 Å². The highest BCUT2D eigenvalue weighted by Crippen LogP contribution is 2.26. The summed E-state index contributed by atoms with van der Waals surface area (Å²) < 4.78 is 0. The zero-order valence-corrected chi connectivity index (χ0v) is 17.3. The average molecular weight is 319 g/mol. The van der Waals surface area contributed by atoms with Gasteiger partial charge in [0.05, 0.1) is 5.70 Å². The Hall–Kier alpha value is -1.44. The maximum Gasteiger partial charge on any atom is 0.0675 e. The van der Waals surface area contributed by atoms with E-state index in [9.17, 15) is 0 Å². The minimum atomic E-state index is 0.0761. The van der Waals surface area contributed by atoms with E-state index in [1.165, 1.54) is 0 Å². The third-order valence-corrected chi connectivity index (χ3v) is 3.31. The summed E-state index contributed by atoms with van der Waals surface area (Å²) in [5.74, 6) is 0.350. The van der Waals surface area contributed by atoms with E-state index in [-0.39, 0.29) is 5.41 Å². The van der Waals surface area contributed by atoms with Crippen molar-refractivity contribution in [2.24, 2.45) is 21.3 Å². The topological polar surface area (TPSA) is 24.7 Å². The van der Waals surface area contributed by atoms with Gasteiger partial charge < -0.3 is 0 Å². The second kappa shape index (κ2) is 11.2. The van der Waals surface area contributed by atoms with E-state index >= 15 is 0 Å². The molecule has 0 aromatic heterocycles. The molecule has 0 amide bonds. The molecule has 0 bridgehead atoms. The molecule has 0 heterocycles. The van der Waals surface area contributed by atoms with Crippen molar-refractivity contribution in [2.45, 2.75) is 76.2 Å². The molecule has 0 aliphatic heterocycles. The van der Waals surface area contributed by atoms with Crippen molar-refractivity contribution in [3.63, 3.8) is 0 Å². The lowest BCUT2D eigenvalue weighted by Crippen LogP contribution is -2.17. The first-order chi connectivity index (χ1) is 10.5. The summed E-state index contributed by atoms with van der Waals surface area (Å²) >= 11 is 0. The number of rotatable bonds is 5. The Morgan fingerprint density at radius 3 is 1.74 bits per heavy atom. The Labute approximate surface area is 145 Å². The molecule has 0 saturated heterocycles. The van der Waals surface area contributed by atoms with Crippen molar-refractivity contribution in [1.82, 2.24) is 0 Å². The number of nitrogens with zero attached hydrogens (tertiary/aromatic N) is 2. The van der Waals surface area contributed by atoms with Crippen molar-refractivity contribution >= 4 is 11.4 Å². The second-order valence-electron chi connectivity index (χ2n) is 6.96. The molecule has 0 atom stereocenters. The molecule has 23 heavy (non-hydrogen) atoms. The Morgan fingerprint density at radius 1 is 0.957 bits per heavy atom. The summed E-state index contributed by atoms with van der Waals surface area (Å²) in [7, 11) is 0. The lowest BCUT2D eigenvalue weighted by Gasteiger charge is -2.21. The van der Waals surface area contributed by atoms with Crippen LogP contribution >= 0.6 is 0 Å². The van der Waals surface area contributed by atoms with Gasteiger partial charge in [-0.3, -0.25) is 9.98 Å². The van der Waals surface area contributed by atoms with Gasteiger partial charge in [-0.25, -0.2) is 0 Å². The monoisotopic (exact) mass is 318 g/mol. The van der Waals surface area contributed by atoms with E-state index in [0.29, 0.717) is 5.92 Å². The molecule has 0 saturated carbocycles. The van der Waals surface area contributed by atoms with Crippen molar-refractivity contribution in [3.8, 4) is 0 Å². The molecule has 0 unspecified atom stereocenters. The highest BCUT2D eigenvalue weighted by atomic mass is 14.8. The molecule has 2 heteroatoms. The highest BCUT2D eigenvalue weighted by molar-refractivity contribution is 5.88. The molecule has 0 rings (SSSR count). The summed E-state index contributed by atoms with van der Waals surface area (Å²) in [6.07, 6.45) is 3.73. The molecule has 0 spiro atoms. The summed E-state index contributed by atoms with van der Waals surface area (Å²) in [4.78, 5) is 9.53. The molecule has 0 aliphatic rings. The lowest BCUT2D eigenvalue weighted by atomic mass is 9.90. The van der Waals surface area contributed by atoms with Gasteiger partial charge in [-0.05, 0) is 50.7 Å². The Balaban J connectivity index is 0. The summed E-state index contributed by atoms with van der Waals surface area (Å²) in [5.41, 5.74) is 5.41. The predicted molar refractivity (Wildman–Crippen MR) is 109 cm³/mol. The maximum atomic E-state index is 4.91. The van der Waals surface area contributed by atoms with Gasteiger partial charge in [-0.15, -0.1) is 0 Å². The van der Waals surface area contributed by atoms with E-state index in [1.54, 1.807) is 6.08 Å². The van der Waals surface area contributed by atoms with Gasteiger partial charge in [-0.2, -0.15) is 0 Å². The van der Waals surface area contributed by atoms with Crippen LogP contribution in [0.15, 0.2) is 45.7 Å². The fraction of sp³-hybridized carbons (Fsp3) is 0.619. The largest absolute Gasteiger partial charge is 0.261 e. The van der Waals surface area contributed by atoms with Crippen molar-refractivity contribution < 1.29 is 0 Å². The fourth-order valence-corrected chi connectivity index (χ4v) is 1.72. The van der Waals surface area contributed by atoms with Crippen LogP contribution in [-0.2, 0) is 0 Å². The molecular weight excluding hydrogens is 280 g/mol. The third-order valence-electron chi connectivity index (χ3n) is 3.31. The zero-order valence-electron chi connectivity index (χ0n) is 17.3. The number of hydrogen-bond acceptors (Lipinski definition) is 2. The number of aliphatic imine (C=N–C) groups is 2. The quantitative estimate of drug-likeness (QED) is 0.385. The smallest absolute Gasteiger partial charge is 0.0675 e. The predicted octanol–water partition coefficient (Wildman–Crippen LogP) is 7.00. The van der Waals surface area contributed by atoms with E-state index < -0.39 is 0 Å². The van der Waals surface area contributed by atoms with Crippen molar-refractivity contribution in [2.75, 3.05) is 0 Å². The summed E-state index contributed by atoms with van der Waals surface area (Å²) in [6, 6.07) is 0. The molecule has 0 aromatic rings. The van der Waals surface area contributed by atoms with Crippen LogP contribution in [0, 0.1) is 11.3 Å². The van der Waals surface area contributed by atoms with Gasteiger partial charge in [0, 0.05) is 17.1 Å². The highest BCUT2D eigenvalue weighted by Gasteiger charge is 2.17. The van der Waals surface area contributed by atoms with Gasteiger partial charge in [0.2, 0.25) is 0 Å². The molecule has 0 N–H and O–H groups in total. The average Bonchev–Trinajstić information content (AvgIpc) is 2.43. The Kier molecular flexibility index (Phi) is 11.5. The van der Waals surface area contributed by atoms with E-state index in [1.807, 2.05) is 33.8 Å². The van der Waals surface area contributed by atoms with E-state index in [2.05, 4.69) is 60.0 Å². The third kappa shape index (κ3) is 9.32.